The summed E-state index contributed by atoms with van der Waals surface area (Å²) in [5.41, 5.74) is 3.07. The van der Waals surface area contributed by atoms with Gasteiger partial charge >= 0.3 is 0 Å². The molecule has 2 heterocycles. The SMILES string of the molecule is O=C(NCc1ccc(F)cc1)C1=CC(c2coc3ccccc3c2=O)CC(OCc2ccc(CO)cc2)O1. The van der Waals surface area contributed by atoms with Crippen molar-refractivity contribution in [2.24, 2.45) is 0 Å². The van der Waals surface area contributed by atoms with Gasteiger partial charge in [0, 0.05) is 24.4 Å². The first-order valence-corrected chi connectivity index (χ1v) is 12.2. The largest absolute Gasteiger partial charge is 0.464 e. The van der Waals surface area contributed by atoms with Crippen LogP contribution in [-0.4, -0.2) is 17.3 Å². The number of carbonyl (C=O) groups is 1. The lowest BCUT2D eigenvalue weighted by Gasteiger charge is -2.29. The van der Waals surface area contributed by atoms with Gasteiger partial charge in [-0.15, -0.1) is 0 Å². The van der Waals surface area contributed by atoms with E-state index in [-0.39, 0.29) is 36.8 Å². The molecule has 0 saturated carbocycles. The maximum atomic E-state index is 13.3. The number of carbonyl (C=O) groups excluding carboxylic acids is 1. The Morgan fingerprint density at radius 1 is 1.00 bits per heavy atom. The summed E-state index contributed by atoms with van der Waals surface area (Å²) < 4.78 is 30.8. The maximum absolute atomic E-state index is 13.3. The third kappa shape index (κ3) is 5.82. The highest BCUT2D eigenvalue weighted by atomic mass is 19.1. The summed E-state index contributed by atoms with van der Waals surface area (Å²) in [4.78, 5) is 26.3. The van der Waals surface area contributed by atoms with Crippen LogP contribution in [0.3, 0.4) is 0 Å². The Balaban J connectivity index is 1.38. The Morgan fingerprint density at radius 2 is 1.71 bits per heavy atom. The Labute approximate surface area is 218 Å². The van der Waals surface area contributed by atoms with Crippen molar-refractivity contribution in [3.8, 4) is 0 Å². The number of halogens is 1. The molecule has 7 nitrogen and oxygen atoms in total. The van der Waals surface area contributed by atoms with Crippen LogP contribution < -0.4 is 10.7 Å². The van der Waals surface area contributed by atoms with Crippen LogP contribution in [0.15, 0.2) is 100 Å². The zero-order valence-corrected chi connectivity index (χ0v) is 20.4. The predicted octanol–water partition coefficient (Wildman–Crippen LogP) is 4.67. The van der Waals surface area contributed by atoms with Crippen molar-refractivity contribution in [2.45, 2.75) is 38.4 Å². The number of amides is 1. The molecule has 2 N–H and O–H groups in total. The van der Waals surface area contributed by atoms with Crippen molar-refractivity contribution >= 4 is 16.9 Å². The molecule has 1 aromatic heterocycles. The van der Waals surface area contributed by atoms with Crippen molar-refractivity contribution in [3.63, 3.8) is 0 Å². The molecule has 2 unspecified atom stereocenters. The molecule has 8 heteroatoms. The van der Waals surface area contributed by atoms with Crippen LogP contribution in [0.2, 0.25) is 0 Å². The number of benzene rings is 3. The zero-order chi connectivity index (χ0) is 26.5. The number of hydrogen-bond acceptors (Lipinski definition) is 6. The number of aliphatic hydroxyl groups excluding tert-OH is 1. The van der Waals surface area contributed by atoms with Crippen LogP contribution in [0.25, 0.3) is 11.0 Å². The van der Waals surface area contributed by atoms with E-state index in [1.54, 1.807) is 54.6 Å². The molecule has 194 valence electrons. The van der Waals surface area contributed by atoms with Gasteiger partial charge in [0.15, 0.2) is 11.2 Å². The first kappa shape index (κ1) is 25.4. The molecule has 0 spiro atoms. The summed E-state index contributed by atoms with van der Waals surface area (Å²) in [5.74, 6) is -1.30. The number of hydrogen-bond donors (Lipinski definition) is 2. The Hall–Kier alpha value is -4.27. The second-order valence-electron chi connectivity index (χ2n) is 9.03. The van der Waals surface area contributed by atoms with E-state index in [1.165, 1.54) is 18.4 Å². The van der Waals surface area contributed by atoms with Gasteiger partial charge in [0.25, 0.3) is 5.91 Å². The summed E-state index contributed by atoms with van der Waals surface area (Å²) >= 11 is 0. The highest BCUT2D eigenvalue weighted by Crippen LogP contribution is 2.31. The van der Waals surface area contributed by atoms with Crippen molar-refractivity contribution in [1.29, 1.82) is 0 Å². The second kappa shape index (κ2) is 11.4. The monoisotopic (exact) mass is 515 g/mol. The molecule has 0 fully saturated rings. The van der Waals surface area contributed by atoms with E-state index in [9.17, 15) is 19.1 Å². The molecule has 1 aliphatic heterocycles. The van der Waals surface area contributed by atoms with Gasteiger partial charge in [0.1, 0.15) is 11.4 Å². The summed E-state index contributed by atoms with van der Waals surface area (Å²) in [6.07, 6.45) is 2.53. The van der Waals surface area contributed by atoms with Crippen molar-refractivity contribution < 1.29 is 28.2 Å². The summed E-state index contributed by atoms with van der Waals surface area (Å²) in [6, 6.07) is 20.1. The number of aliphatic hydroxyl groups is 1. The molecule has 38 heavy (non-hydrogen) atoms. The van der Waals surface area contributed by atoms with Crippen molar-refractivity contribution in [1.82, 2.24) is 5.32 Å². The standard InChI is InChI=1S/C30H26FNO6/c31-23-11-9-19(10-12-23)15-32-30(35)27-13-22(25-18-36-26-4-2-1-3-24(26)29(25)34)14-28(38-27)37-17-21-7-5-20(16-33)6-8-21/h1-13,18,22,28,33H,14-17H2,(H,32,35). The van der Waals surface area contributed by atoms with E-state index in [1.807, 2.05) is 12.1 Å². The van der Waals surface area contributed by atoms with Crippen LogP contribution in [-0.2, 0) is 34.0 Å². The van der Waals surface area contributed by atoms with E-state index in [0.29, 0.717) is 23.0 Å². The summed E-state index contributed by atoms with van der Waals surface area (Å²) in [6.45, 7) is 0.329. The second-order valence-corrected chi connectivity index (χ2v) is 9.03. The fraction of sp³-hybridized carbons (Fsp3) is 0.200. The average molecular weight is 516 g/mol. The fourth-order valence-corrected chi connectivity index (χ4v) is 4.29. The van der Waals surface area contributed by atoms with Gasteiger partial charge in [-0.05, 0) is 47.0 Å². The number of allylic oxidation sites excluding steroid dienone is 1. The molecular formula is C30H26FNO6. The fourth-order valence-electron chi connectivity index (χ4n) is 4.29. The third-order valence-electron chi connectivity index (χ3n) is 6.40. The molecule has 0 saturated heterocycles. The number of para-hydroxylation sites is 1. The molecule has 0 radical (unpaired) electrons. The van der Waals surface area contributed by atoms with Crippen LogP contribution in [0.1, 0.15) is 34.6 Å². The smallest absolute Gasteiger partial charge is 0.286 e. The van der Waals surface area contributed by atoms with E-state index < -0.39 is 18.1 Å². The van der Waals surface area contributed by atoms with Crippen LogP contribution in [0, 0.1) is 5.82 Å². The molecular weight excluding hydrogens is 489 g/mol. The number of ether oxygens (including phenoxy) is 2. The van der Waals surface area contributed by atoms with Gasteiger partial charge in [-0.2, -0.15) is 0 Å². The van der Waals surface area contributed by atoms with Crippen molar-refractivity contribution in [2.75, 3.05) is 0 Å². The third-order valence-corrected chi connectivity index (χ3v) is 6.40. The molecule has 0 bridgehead atoms. The predicted molar refractivity (Wildman–Crippen MR) is 138 cm³/mol. The van der Waals surface area contributed by atoms with Crippen LogP contribution >= 0.6 is 0 Å². The minimum absolute atomic E-state index is 0.0246. The van der Waals surface area contributed by atoms with Gasteiger partial charge in [0.2, 0.25) is 6.29 Å². The minimum Gasteiger partial charge on any atom is -0.464 e. The zero-order valence-electron chi connectivity index (χ0n) is 20.4. The first-order valence-electron chi connectivity index (χ1n) is 12.2. The number of fused-ring (bicyclic) bond motifs is 1. The van der Waals surface area contributed by atoms with E-state index in [4.69, 9.17) is 13.9 Å². The van der Waals surface area contributed by atoms with Gasteiger partial charge in [0.05, 0.1) is 24.9 Å². The lowest BCUT2D eigenvalue weighted by molar-refractivity contribution is -0.150. The molecule has 3 aromatic carbocycles. The molecule has 1 amide bonds. The molecule has 0 aliphatic carbocycles. The van der Waals surface area contributed by atoms with Gasteiger partial charge in [-0.1, -0.05) is 48.5 Å². The van der Waals surface area contributed by atoms with Crippen molar-refractivity contribution in [3.05, 3.63) is 129 Å². The van der Waals surface area contributed by atoms with E-state index in [0.717, 1.165) is 16.7 Å². The molecule has 1 aliphatic rings. The minimum atomic E-state index is -0.806. The molecule has 2 atom stereocenters. The summed E-state index contributed by atoms with van der Waals surface area (Å²) in [7, 11) is 0. The quantitative estimate of drug-likeness (QED) is 0.354. The molecule has 4 aromatic rings. The lowest BCUT2D eigenvalue weighted by Crippen LogP contribution is -2.33. The topological polar surface area (TPSA) is 98.0 Å². The van der Waals surface area contributed by atoms with E-state index in [2.05, 4.69) is 5.32 Å². The van der Waals surface area contributed by atoms with Crippen LogP contribution in [0.4, 0.5) is 4.39 Å². The Bertz CT molecular complexity index is 1510. The lowest BCUT2D eigenvalue weighted by atomic mass is 9.93. The van der Waals surface area contributed by atoms with Gasteiger partial charge < -0.3 is 24.3 Å². The Kier molecular flexibility index (Phi) is 7.62. The van der Waals surface area contributed by atoms with E-state index >= 15 is 0 Å². The van der Waals surface area contributed by atoms with Crippen LogP contribution in [0.5, 0.6) is 0 Å². The highest BCUT2D eigenvalue weighted by molar-refractivity contribution is 5.91. The van der Waals surface area contributed by atoms with Gasteiger partial charge in [-0.25, -0.2) is 4.39 Å². The highest BCUT2D eigenvalue weighted by Gasteiger charge is 2.30. The average Bonchev–Trinajstić information content (AvgIpc) is 2.96. The maximum Gasteiger partial charge on any atom is 0.286 e. The number of nitrogens with one attached hydrogen (secondary N) is 1. The molecule has 5 rings (SSSR count). The Morgan fingerprint density at radius 3 is 2.47 bits per heavy atom. The first-order chi connectivity index (χ1) is 18.5. The summed E-state index contributed by atoms with van der Waals surface area (Å²) in [5, 5.41) is 12.5. The number of rotatable bonds is 8. The normalized spacial score (nSPS) is 17.1. The van der Waals surface area contributed by atoms with Gasteiger partial charge in [-0.3, -0.25) is 9.59 Å².